The Labute approximate surface area is 96.3 Å². The van der Waals surface area contributed by atoms with Crippen LogP contribution in [0.15, 0.2) is 24.3 Å². The van der Waals surface area contributed by atoms with Gasteiger partial charge in [0.1, 0.15) is 5.78 Å². The average molecular weight is 218 g/mol. The van der Waals surface area contributed by atoms with Crippen molar-refractivity contribution in [3.63, 3.8) is 0 Å². The fourth-order valence-corrected chi connectivity index (χ4v) is 2.15. The fourth-order valence-electron chi connectivity index (χ4n) is 2.15. The van der Waals surface area contributed by atoms with Crippen molar-refractivity contribution in [3.8, 4) is 11.1 Å². The number of Topliss-reactive ketones (excluding diaryl/α,β-unsaturated/α-hetero) is 1. The van der Waals surface area contributed by atoms with Crippen LogP contribution in [0.25, 0.3) is 11.1 Å². The van der Waals surface area contributed by atoms with E-state index in [1.165, 1.54) is 11.1 Å². The number of ketones is 1. The number of rotatable bonds is 1. The summed E-state index contributed by atoms with van der Waals surface area (Å²) in [5.41, 5.74) is 2.85. The molecule has 0 spiro atoms. The van der Waals surface area contributed by atoms with Crippen LogP contribution in [0.5, 0.6) is 0 Å². The van der Waals surface area contributed by atoms with E-state index in [1.807, 2.05) is 6.92 Å². The molecule has 0 amide bonds. The summed E-state index contributed by atoms with van der Waals surface area (Å²) in [7, 11) is 0. The molecule has 1 saturated carbocycles. The maximum absolute atomic E-state index is 11.1. The van der Waals surface area contributed by atoms with E-state index in [4.69, 9.17) is 0 Å². The first kappa shape index (κ1) is 11.3. The minimum absolute atomic E-state index is 0.142. The van der Waals surface area contributed by atoms with Crippen molar-refractivity contribution in [1.29, 1.82) is 0 Å². The van der Waals surface area contributed by atoms with Crippen molar-refractivity contribution in [2.75, 3.05) is 0 Å². The molecule has 0 bridgehead atoms. The molecule has 0 saturated heterocycles. The Bertz CT molecular complexity index is 346. The van der Waals surface area contributed by atoms with Crippen LogP contribution >= 0.6 is 0 Å². The molecule has 0 aliphatic heterocycles. The summed E-state index contributed by atoms with van der Waals surface area (Å²) in [5.74, 6) is 0.483. The number of aliphatic hydroxyl groups excluding tert-OH is 1. The lowest BCUT2D eigenvalue weighted by atomic mass is 9.84. The Balaban J connectivity index is 0.000000134. The number of fused-ring (bicyclic) bond motifs is 1. The highest BCUT2D eigenvalue weighted by molar-refractivity contribution is 5.81. The number of aliphatic hydroxyl groups is 1. The summed E-state index contributed by atoms with van der Waals surface area (Å²) in [5, 5.41) is 9.18. The molecule has 0 aromatic heterocycles. The summed E-state index contributed by atoms with van der Waals surface area (Å²) in [6, 6.07) is 8.48. The summed E-state index contributed by atoms with van der Waals surface area (Å²) < 4.78 is 0. The van der Waals surface area contributed by atoms with Crippen LogP contribution < -0.4 is 0 Å². The van der Waals surface area contributed by atoms with Gasteiger partial charge in [0.05, 0.1) is 6.10 Å². The van der Waals surface area contributed by atoms with Crippen molar-refractivity contribution < 1.29 is 9.90 Å². The van der Waals surface area contributed by atoms with E-state index < -0.39 is 0 Å². The average Bonchev–Trinajstić information content (AvgIpc) is 2.27. The van der Waals surface area contributed by atoms with Gasteiger partial charge in [0, 0.05) is 12.3 Å². The number of benzene rings is 1. The monoisotopic (exact) mass is 218 g/mol. The molecule has 0 aromatic carbocycles. The third-order valence-corrected chi connectivity index (χ3v) is 3.45. The van der Waals surface area contributed by atoms with Crippen molar-refractivity contribution in [1.82, 2.24) is 0 Å². The molecule has 1 N–H and O–H groups in total. The maximum Gasteiger partial charge on any atom is 0.136 e. The van der Waals surface area contributed by atoms with Gasteiger partial charge in [-0.1, -0.05) is 31.2 Å². The van der Waals surface area contributed by atoms with Gasteiger partial charge in [-0.15, -0.1) is 0 Å². The highest BCUT2D eigenvalue weighted by atomic mass is 16.3. The van der Waals surface area contributed by atoms with Crippen LogP contribution in [0, 0.1) is 5.92 Å². The van der Waals surface area contributed by atoms with E-state index in [0.29, 0.717) is 25.0 Å². The van der Waals surface area contributed by atoms with Crippen LogP contribution in [0.2, 0.25) is 0 Å². The molecule has 1 fully saturated rings. The van der Waals surface area contributed by atoms with E-state index in [1.54, 1.807) is 0 Å². The second-order valence-electron chi connectivity index (χ2n) is 4.58. The number of carbonyl (C=O) groups is 1. The predicted molar refractivity (Wildman–Crippen MR) is 64.1 cm³/mol. The van der Waals surface area contributed by atoms with Crippen LogP contribution in [0.3, 0.4) is 0 Å². The Morgan fingerprint density at radius 3 is 2.12 bits per heavy atom. The molecule has 2 atom stereocenters. The van der Waals surface area contributed by atoms with Crippen LogP contribution in [0.4, 0.5) is 0 Å². The standard InChI is InChI=1S/C8H14O2.C6H4/c1-2-6-5-7(9)3-4-8(6)10;1-2-6-4-3-5(1)6/h6-7,9H,2-5H2,1H3;1-4H. The number of hydrogen-bond acceptors (Lipinski definition) is 2. The topological polar surface area (TPSA) is 37.3 Å². The highest BCUT2D eigenvalue weighted by Gasteiger charge is 2.25. The zero-order valence-corrected chi connectivity index (χ0v) is 9.65. The molecule has 86 valence electrons. The third kappa shape index (κ3) is 2.33. The smallest absolute Gasteiger partial charge is 0.136 e. The van der Waals surface area contributed by atoms with E-state index >= 15 is 0 Å². The van der Waals surface area contributed by atoms with Crippen LogP contribution in [0.1, 0.15) is 32.6 Å². The van der Waals surface area contributed by atoms with Gasteiger partial charge in [-0.05, 0) is 30.4 Å². The number of hydrogen-bond donors (Lipinski definition) is 1. The normalized spacial score (nSPS) is 25.8. The molecule has 0 radical (unpaired) electrons. The second kappa shape index (κ2) is 4.79. The first-order chi connectivity index (χ1) is 7.70. The molecular weight excluding hydrogens is 200 g/mol. The first-order valence-corrected chi connectivity index (χ1v) is 6.02. The van der Waals surface area contributed by atoms with Gasteiger partial charge in [-0.3, -0.25) is 4.79 Å². The Morgan fingerprint density at radius 2 is 1.81 bits per heavy atom. The molecule has 3 aliphatic rings. The van der Waals surface area contributed by atoms with E-state index in [2.05, 4.69) is 24.3 Å². The first-order valence-electron chi connectivity index (χ1n) is 6.02. The van der Waals surface area contributed by atoms with E-state index in [-0.39, 0.29) is 12.0 Å². The molecule has 0 heterocycles. The molecule has 16 heavy (non-hydrogen) atoms. The lowest BCUT2D eigenvalue weighted by Gasteiger charge is -2.23. The fraction of sp³-hybridized carbons (Fsp3) is 0.500. The lowest BCUT2D eigenvalue weighted by Crippen LogP contribution is -2.27. The largest absolute Gasteiger partial charge is 0.393 e. The summed E-state index contributed by atoms with van der Waals surface area (Å²) in [4.78, 5) is 11.1. The molecule has 2 heteroatoms. The zero-order chi connectivity index (χ0) is 11.5. The van der Waals surface area contributed by atoms with Crippen LogP contribution in [-0.2, 0) is 4.79 Å². The van der Waals surface area contributed by atoms with E-state index in [0.717, 1.165) is 6.42 Å². The van der Waals surface area contributed by atoms with Crippen molar-refractivity contribution in [2.24, 2.45) is 5.92 Å². The van der Waals surface area contributed by atoms with Gasteiger partial charge in [0.25, 0.3) is 0 Å². The van der Waals surface area contributed by atoms with Gasteiger partial charge in [-0.2, -0.15) is 0 Å². The second-order valence-corrected chi connectivity index (χ2v) is 4.58. The predicted octanol–water partition coefficient (Wildman–Crippen LogP) is 2.79. The summed E-state index contributed by atoms with van der Waals surface area (Å²) >= 11 is 0. The minimum atomic E-state index is -0.220. The van der Waals surface area contributed by atoms with Gasteiger partial charge >= 0.3 is 0 Å². The van der Waals surface area contributed by atoms with Crippen molar-refractivity contribution in [3.05, 3.63) is 24.3 Å². The Kier molecular flexibility index (Phi) is 3.39. The summed E-state index contributed by atoms with van der Waals surface area (Å²) in [6.45, 7) is 2.00. The van der Waals surface area contributed by atoms with Gasteiger partial charge in [0.15, 0.2) is 0 Å². The van der Waals surface area contributed by atoms with Gasteiger partial charge in [0.2, 0.25) is 0 Å². The Hall–Kier alpha value is -1.15. The molecule has 2 unspecified atom stereocenters. The quantitative estimate of drug-likeness (QED) is 0.799. The van der Waals surface area contributed by atoms with Gasteiger partial charge < -0.3 is 5.11 Å². The summed E-state index contributed by atoms with van der Waals surface area (Å²) in [6.07, 6.45) is 2.61. The minimum Gasteiger partial charge on any atom is -0.393 e. The van der Waals surface area contributed by atoms with Crippen molar-refractivity contribution >= 4 is 5.78 Å². The number of carbonyl (C=O) groups excluding carboxylic acids is 1. The highest BCUT2D eigenvalue weighted by Crippen LogP contribution is 2.29. The molecule has 3 aliphatic carbocycles. The molecule has 3 rings (SSSR count). The van der Waals surface area contributed by atoms with Crippen molar-refractivity contribution in [2.45, 2.75) is 38.7 Å². The molecular formula is C14H18O2. The maximum atomic E-state index is 11.1. The zero-order valence-electron chi connectivity index (χ0n) is 9.65. The third-order valence-electron chi connectivity index (χ3n) is 3.45. The van der Waals surface area contributed by atoms with E-state index in [9.17, 15) is 9.90 Å². The Morgan fingerprint density at radius 1 is 1.25 bits per heavy atom. The lowest BCUT2D eigenvalue weighted by molar-refractivity contribution is -0.127. The van der Waals surface area contributed by atoms with Crippen LogP contribution in [-0.4, -0.2) is 17.0 Å². The molecule has 0 aromatic rings. The van der Waals surface area contributed by atoms with Gasteiger partial charge in [-0.25, -0.2) is 0 Å². The SMILES string of the molecule is CCC1CC(O)CCC1=O.c1cc2ccc1-2. The molecule has 2 nitrogen and oxygen atoms in total.